The van der Waals surface area contributed by atoms with E-state index in [9.17, 15) is 32.8 Å². The molecule has 2 heterocycles. The number of nitriles is 1. The Balaban J connectivity index is 1.60. The van der Waals surface area contributed by atoms with E-state index in [2.05, 4.69) is 10.4 Å². The van der Waals surface area contributed by atoms with E-state index in [4.69, 9.17) is 0 Å². The first kappa shape index (κ1) is 23.8. The third-order valence-electron chi connectivity index (χ3n) is 5.10. The summed E-state index contributed by atoms with van der Waals surface area (Å²) in [4.78, 5) is 40.0. The highest BCUT2D eigenvalue weighted by atomic mass is 19.4. The number of likely N-dealkylation sites (tertiary alicyclic amines) is 1. The van der Waals surface area contributed by atoms with Crippen LogP contribution in [0.1, 0.15) is 16.9 Å². The van der Waals surface area contributed by atoms with Gasteiger partial charge >= 0.3 is 6.18 Å². The Morgan fingerprint density at radius 3 is 2.58 bits per heavy atom. The summed E-state index contributed by atoms with van der Waals surface area (Å²) >= 11 is 0. The molecule has 33 heavy (non-hydrogen) atoms. The minimum absolute atomic E-state index is 0.0119. The van der Waals surface area contributed by atoms with Gasteiger partial charge < -0.3 is 15.1 Å². The Kier molecular flexibility index (Phi) is 7.01. The number of hydrogen-bond acceptors (Lipinski definition) is 5. The van der Waals surface area contributed by atoms with Crippen LogP contribution in [0.4, 0.5) is 18.9 Å². The number of benzene rings is 1. The summed E-state index contributed by atoms with van der Waals surface area (Å²) in [5.74, 6) is -2.22. The average molecular weight is 462 g/mol. The molecule has 1 aromatic carbocycles. The molecular weight excluding hydrogens is 441 g/mol. The van der Waals surface area contributed by atoms with Gasteiger partial charge in [0.05, 0.1) is 18.5 Å². The first-order valence-corrected chi connectivity index (χ1v) is 9.98. The molecule has 0 saturated carbocycles. The van der Waals surface area contributed by atoms with Gasteiger partial charge in [-0.05, 0) is 24.6 Å². The molecule has 2 aromatic rings. The number of halogens is 3. The fraction of sp³-hybridized carbons (Fsp3) is 0.381. The van der Waals surface area contributed by atoms with Crippen LogP contribution < -0.4 is 5.32 Å². The summed E-state index contributed by atoms with van der Waals surface area (Å²) in [6, 6.07) is 11.1. The minimum Gasteiger partial charge on any atom is -0.331 e. The molecule has 0 bridgehead atoms. The molecular formula is C21H21F3N6O3. The highest BCUT2D eigenvalue weighted by Crippen LogP contribution is 2.25. The smallest absolute Gasteiger partial charge is 0.331 e. The quantitative estimate of drug-likeness (QED) is 0.705. The number of para-hydroxylation sites is 1. The largest absolute Gasteiger partial charge is 0.408 e. The second kappa shape index (κ2) is 9.72. The Morgan fingerprint density at radius 2 is 1.94 bits per heavy atom. The van der Waals surface area contributed by atoms with E-state index in [-0.39, 0.29) is 24.6 Å². The molecule has 1 aliphatic rings. The molecule has 3 amide bonds. The predicted molar refractivity (Wildman–Crippen MR) is 110 cm³/mol. The number of nitrogens with zero attached hydrogens (tertiary/aromatic N) is 5. The number of carbonyl (C=O) groups is 3. The van der Waals surface area contributed by atoms with Crippen molar-refractivity contribution in [2.75, 3.05) is 25.5 Å². The molecule has 1 fully saturated rings. The number of nitrogens with one attached hydrogen (secondary N) is 1. The van der Waals surface area contributed by atoms with Crippen LogP contribution in [0.15, 0.2) is 42.6 Å². The second-order valence-corrected chi connectivity index (χ2v) is 7.65. The number of anilines is 1. The van der Waals surface area contributed by atoms with Gasteiger partial charge in [-0.25, -0.2) is 0 Å². The Labute approximate surface area is 187 Å². The second-order valence-electron chi connectivity index (χ2n) is 7.65. The molecule has 1 aromatic heterocycles. The van der Waals surface area contributed by atoms with Crippen molar-refractivity contribution in [1.29, 1.82) is 5.26 Å². The van der Waals surface area contributed by atoms with Gasteiger partial charge in [-0.15, -0.1) is 0 Å². The predicted octanol–water partition coefficient (Wildman–Crippen LogP) is 1.90. The summed E-state index contributed by atoms with van der Waals surface area (Å²) in [5, 5.41) is 15.8. The number of carbonyl (C=O) groups excluding carboxylic acids is 3. The monoisotopic (exact) mass is 462 g/mol. The average Bonchev–Trinajstić information content (AvgIpc) is 3.39. The third kappa shape index (κ3) is 6.09. The molecule has 2 unspecified atom stereocenters. The van der Waals surface area contributed by atoms with Gasteiger partial charge in [-0.2, -0.15) is 23.5 Å². The number of hydrogen-bond donors (Lipinski definition) is 1. The first-order valence-electron chi connectivity index (χ1n) is 9.98. The number of aromatic nitrogens is 2. The van der Waals surface area contributed by atoms with Gasteiger partial charge in [0, 0.05) is 25.5 Å². The SMILES string of the molecule is CN(CC(=O)N1CC(C(=O)Nc2ccccc2)CC1C#N)C(=O)c1ccn(CC(F)(F)F)n1. The maximum atomic E-state index is 12.8. The van der Waals surface area contributed by atoms with Crippen molar-refractivity contribution in [3.8, 4) is 6.07 Å². The van der Waals surface area contributed by atoms with Crippen molar-refractivity contribution >= 4 is 23.4 Å². The highest BCUT2D eigenvalue weighted by molar-refractivity contribution is 5.96. The van der Waals surface area contributed by atoms with Crippen LogP contribution in [0.25, 0.3) is 0 Å². The van der Waals surface area contributed by atoms with Gasteiger partial charge in [0.2, 0.25) is 11.8 Å². The van der Waals surface area contributed by atoms with Crippen LogP contribution in [0.5, 0.6) is 0 Å². The highest BCUT2D eigenvalue weighted by Gasteiger charge is 2.39. The number of amides is 3. The number of likely N-dealkylation sites (N-methyl/N-ethyl adjacent to an activating group) is 1. The Morgan fingerprint density at radius 1 is 1.24 bits per heavy atom. The van der Waals surface area contributed by atoms with Crippen molar-refractivity contribution in [1.82, 2.24) is 19.6 Å². The van der Waals surface area contributed by atoms with Gasteiger partial charge in [-0.1, -0.05) is 18.2 Å². The summed E-state index contributed by atoms with van der Waals surface area (Å²) in [6.45, 7) is -1.75. The minimum atomic E-state index is -4.49. The van der Waals surface area contributed by atoms with Crippen LogP contribution >= 0.6 is 0 Å². The van der Waals surface area contributed by atoms with Gasteiger partial charge in [0.1, 0.15) is 18.3 Å². The molecule has 1 aliphatic heterocycles. The van der Waals surface area contributed by atoms with Crippen molar-refractivity contribution in [2.24, 2.45) is 5.92 Å². The van der Waals surface area contributed by atoms with E-state index in [1.54, 1.807) is 30.3 Å². The van der Waals surface area contributed by atoms with E-state index >= 15 is 0 Å². The summed E-state index contributed by atoms with van der Waals surface area (Å²) in [6.07, 6.45) is -3.31. The standard InChI is InChI=1S/C21H21F3N6O3/c1-28(20(33)17-7-8-29(27-17)13-21(22,23)24)12-18(31)30-11-14(9-16(30)10-25)19(32)26-15-5-3-2-4-6-15/h2-8,14,16H,9,11-13H2,1H3,(H,26,32). The van der Waals surface area contributed by atoms with Crippen molar-refractivity contribution in [3.63, 3.8) is 0 Å². The summed E-state index contributed by atoms with van der Waals surface area (Å²) in [5.41, 5.74) is 0.351. The molecule has 0 spiro atoms. The van der Waals surface area contributed by atoms with Crippen LogP contribution in [0.3, 0.4) is 0 Å². The molecule has 0 aliphatic carbocycles. The first-order chi connectivity index (χ1) is 15.6. The molecule has 3 rings (SSSR count). The van der Waals surface area contributed by atoms with E-state index < -0.39 is 43.0 Å². The lowest BCUT2D eigenvalue weighted by Crippen LogP contribution is -2.43. The summed E-state index contributed by atoms with van der Waals surface area (Å²) in [7, 11) is 1.31. The van der Waals surface area contributed by atoms with E-state index in [0.29, 0.717) is 10.4 Å². The van der Waals surface area contributed by atoms with Gasteiger partial charge in [0.15, 0.2) is 0 Å². The van der Waals surface area contributed by atoms with Crippen LogP contribution in [-0.4, -0.2) is 69.7 Å². The van der Waals surface area contributed by atoms with Crippen molar-refractivity contribution in [2.45, 2.75) is 25.2 Å². The lowest BCUT2D eigenvalue weighted by atomic mass is 10.1. The zero-order valence-electron chi connectivity index (χ0n) is 17.6. The fourth-order valence-corrected chi connectivity index (χ4v) is 3.50. The normalized spacial score (nSPS) is 18.0. The maximum Gasteiger partial charge on any atom is 0.408 e. The van der Waals surface area contributed by atoms with Crippen molar-refractivity contribution < 1.29 is 27.6 Å². The number of alkyl halides is 3. The Hall–Kier alpha value is -3.88. The molecule has 12 heteroatoms. The van der Waals surface area contributed by atoms with Gasteiger partial charge in [0.25, 0.3) is 5.91 Å². The molecule has 9 nitrogen and oxygen atoms in total. The Bertz CT molecular complexity index is 1060. The van der Waals surface area contributed by atoms with Gasteiger partial charge in [-0.3, -0.25) is 19.1 Å². The molecule has 1 saturated heterocycles. The lowest BCUT2D eigenvalue weighted by Gasteiger charge is -2.23. The van der Waals surface area contributed by atoms with Crippen LogP contribution in [-0.2, 0) is 16.1 Å². The fourth-order valence-electron chi connectivity index (χ4n) is 3.50. The van der Waals surface area contributed by atoms with Crippen molar-refractivity contribution in [3.05, 3.63) is 48.3 Å². The summed E-state index contributed by atoms with van der Waals surface area (Å²) < 4.78 is 38.0. The molecule has 0 radical (unpaired) electrons. The van der Waals surface area contributed by atoms with E-state index in [1.807, 2.05) is 6.07 Å². The lowest BCUT2D eigenvalue weighted by molar-refractivity contribution is -0.142. The van der Waals surface area contributed by atoms with Crippen LogP contribution in [0, 0.1) is 17.2 Å². The number of rotatable bonds is 6. The molecule has 1 N–H and O–H groups in total. The molecule has 174 valence electrons. The zero-order chi connectivity index (χ0) is 24.2. The van der Waals surface area contributed by atoms with E-state index in [0.717, 1.165) is 17.2 Å². The molecule has 2 atom stereocenters. The van der Waals surface area contributed by atoms with E-state index in [1.165, 1.54) is 11.9 Å². The van der Waals surface area contributed by atoms with Crippen LogP contribution in [0.2, 0.25) is 0 Å². The topological polar surface area (TPSA) is 111 Å². The maximum absolute atomic E-state index is 12.8. The zero-order valence-corrected chi connectivity index (χ0v) is 17.6. The third-order valence-corrected chi connectivity index (χ3v) is 5.10.